The molecule has 3 heterocycles. The highest BCUT2D eigenvalue weighted by atomic mass is 16.3. The van der Waals surface area contributed by atoms with E-state index in [0.29, 0.717) is 12.3 Å². The Kier molecular flexibility index (Phi) is 5.98. The minimum Gasteiger partial charge on any atom is -0.396 e. The SMILES string of the molecule is CCc1nc2c(nc1-c1ccc(C(C)C)nc1NC)c(C)cn2[C@H](C)CCO. The van der Waals surface area contributed by atoms with Crippen LogP contribution in [0.2, 0.25) is 0 Å². The fourth-order valence-electron chi connectivity index (χ4n) is 3.54. The predicted octanol–water partition coefficient (Wildman–Crippen LogP) is 4.47. The minimum atomic E-state index is 0.158. The van der Waals surface area contributed by atoms with Gasteiger partial charge < -0.3 is 15.0 Å². The van der Waals surface area contributed by atoms with Crippen molar-refractivity contribution in [2.24, 2.45) is 0 Å². The number of hydrogen-bond donors (Lipinski definition) is 2. The van der Waals surface area contributed by atoms with Crippen molar-refractivity contribution in [2.75, 3.05) is 19.0 Å². The maximum atomic E-state index is 9.33. The Hall–Kier alpha value is -2.47. The molecule has 0 saturated heterocycles. The molecule has 0 unspecified atom stereocenters. The number of hydrogen-bond acceptors (Lipinski definition) is 5. The Morgan fingerprint density at radius 2 is 1.89 bits per heavy atom. The number of aliphatic hydroxyl groups excluding tert-OH is 1. The quantitative estimate of drug-likeness (QED) is 0.631. The molecule has 1 atom stereocenters. The Morgan fingerprint density at radius 1 is 1.14 bits per heavy atom. The van der Waals surface area contributed by atoms with Gasteiger partial charge >= 0.3 is 0 Å². The summed E-state index contributed by atoms with van der Waals surface area (Å²) in [5.74, 6) is 1.20. The molecule has 3 rings (SSSR count). The molecule has 3 aromatic rings. The second-order valence-corrected chi connectivity index (χ2v) is 7.66. The van der Waals surface area contributed by atoms with Gasteiger partial charge in [-0.1, -0.05) is 20.8 Å². The van der Waals surface area contributed by atoms with Crippen LogP contribution < -0.4 is 5.32 Å². The molecule has 0 bridgehead atoms. The largest absolute Gasteiger partial charge is 0.396 e. The smallest absolute Gasteiger partial charge is 0.159 e. The lowest BCUT2D eigenvalue weighted by Crippen LogP contribution is -2.08. The predicted molar refractivity (Wildman–Crippen MR) is 115 cm³/mol. The first-order valence-electron chi connectivity index (χ1n) is 10.1. The van der Waals surface area contributed by atoms with E-state index in [1.54, 1.807) is 0 Å². The second kappa shape index (κ2) is 8.27. The molecule has 0 aliphatic rings. The van der Waals surface area contributed by atoms with Crippen molar-refractivity contribution in [3.63, 3.8) is 0 Å². The van der Waals surface area contributed by atoms with E-state index in [9.17, 15) is 5.11 Å². The van der Waals surface area contributed by atoms with Gasteiger partial charge in [0.15, 0.2) is 5.65 Å². The number of nitrogens with zero attached hydrogens (tertiary/aromatic N) is 4. The molecule has 28 heavy (non-hydrogen) atoms. The lowest BCUT2D eigenvalue weighted by molar-refractivity contribution is 0.264. The van der Waals surface area contributed by atoms with Gasteiger partial charge in [0.05, 0.1) is 11.4 Å². The monoisotopic (exact) mass is 381 g/mol. The number of aliphatic hydroxyl groups is 1. The Morgan fingerprint density at radius 3 is 2.50 bits per heavy atom. The molecule has 3 aromatic heterocycles. The summed E-state index contributed by atoms with van der Waals surface area (Å²) in [4.78, 5) is 14.8. The van der Waals surface area contributed by atoms with Crippen LogP contribution in [0.25, 0.3) is 22.4 Å². The first-order chi connectivity index (χ1) is 13.4. The zero-order chi connectivity index (χ0) is 20.4. The Balaban J connectivity index is 2.21. The van der Waals surface area contributed by atoms with E-state index in [4.69, 9.17) is 15.0 Å². The molecule has 0 fully saturated rings. The van der Waals surface area contributed by atoms with Gasteiger partial charge in [-0.3, -0.25) is 0 Å². The van der Waals surface area contributed by atoms with E-state index < -0.39 is 0 Å². The third kappa shape index (κ3) is 3.61. The molecular weight excluding hydrogens is 350 g/mol. The summed E-state index contributed by atoms with van der Waals surface area (Å²) in [6.45, 7) is 10.7. The summed E-state index contributed by atoms with van der Waals surface area (Å²) in [6, 6.07) is 4.35. The highest BCUT2D eigenvalue weighted by Gasteiger charge is 2.19. The third-order valence-corrected chi connectivity index (χ3v) is 5.26. The van der Waals surface area contributed by atoms with Crippen molar-refractivity contribution in [3.8, 4) is 11.3 Å². The number of fused-ring (bicyclic) bond motifs is 1. The summed E-state index contributed by atoms with van der Waals surface area (Å²) >= 11 is 0. The van der Waals surface area contributed by atoms with Crippen molar-refractivity contribution in [3.05, 3.63) is 35.3 Å². The topological polar surface area (TPSA) is 75.9 Å². The van der Waals surface area contributed by atoms with E-state index in [-0.39, 0.29) is 12.6 Å². The number of anilines is 1. The summed E-state index contributed by atoms with van der Waals surface area (Å²) in [5, 5.41) is 12.6. The standard InChI is InChI=1S/C22H31N5O/c1-7-17-20(16-8-9-18(13(2)3)24-21(16)23-6)26-19-14(4)12-27(22(19)25-17)15(5)10-11-28/h8-9,12-13,15,28H,7,10-11H2,1-6H3,(H,23,24)/t15-/m1/s1. The highest BCUT2D eigenvalue weighted by Crippen LogP contribution is 2.32. The zero-order valence-corrected chi connectivity index (χ0v) is 17.7. The van der Waals surface area contributed by atoms with Gasteiger partial charge in [0.25, 0.3) is 0 Å². The van der Waals surface area contributed by atoms with Crippen LogP contribution in [0.15, 0.2) is 18.3 Å². The van der Waals surface area contributed by atoms with E-state index in [2.05, 4.69) is 62.8 Å². The van der Waals surface area contributed by atoms with Gasteiger partial charge in [-0.05, 0) is 50.3 Å². The van der Waals surface area contributed by atoms with Crippen molar-refractivity contribution in [1.82, 2.24) is 19.5 Å². The van der Waals surface area contributed by atoms with Crippen molar-refractivity contribution in [1.29, 1.82) is 0 Å². The Labute approximate surface area is 167 Å². The van der Waals surface area contributed by atoms with Gasteiger partial charge in [0.2, 0.25) is 0 Å². The third-order valence-electron chi connectivity index (χ3n) is 5.26. The van der Waals surface area contributed by atoms with Gasteiger partial charge in [-0.25, -0.2) is 15.0 Å². The number of aromatic nitrogens is 4. The molecular formula is C22H31N5O. The normalized spacial score (nSPS) is 12.7. The van der Waals surface area contributed by atoms with Crippen LogP contribution >= 0.6 is 0 Å². The van der Waals surface area contributed by atoms with E-state index in [1.807, 2.05) is 7.05 Å². The maximum Gasteiger partial charge on any atom is 0.159 e. The van der Waals surface area contributed by atoms with Gasteiger partial charge in [0, 0.05) is 37.2 Å². The van der Waals surface area contributed by atoms with Crippen molar-refractivity contribution in [2.45, 2.75) is 59.4 Å². The number of aryl methyl sites for hydroxylation is 2. The molecule has 2 N–H and O–H groups in total. The molecule has 150 valence electrons. The van der Waals surface area contributed by atoms with Crippen molar-refractivity contribution < 1.29 is 5.11 Å². The van der Waals surface area contributed by atoms with Crippen LogP contribution in [0.1, 0.15) is 63.0 Å². The fraction of sp³-hybridized carbons (Fsp3) is 0.500. The molecule has 0 radical (unpaired) electrons. The summed E-state index contributed by atoms with van der Waals surface area (Å²) in [7, 11) is 1.89. The van der Waals surface area contributed by atoms with E-state index in [0.717, 1.165) is 51.6 Å². The lowest BCUT2D eigenvalue weighted by Gasteiger charge is -2.16. The molecule has 0 amide bonds. The molecule has 0 saturated carbocycles. The number of rotatable bonds is 7. The van der Waals surface area contributed by atoms with E-state index in [1.165, 1.54) is 0 Å². The molecule has 0 aliphatic heterocycles. The summed E-state index contributed by atoms with van der Waals surface area (Å²) < 4.78 is 2.13. The molecule has 0 spiro atoms. The fourth-order valence-corrected chi connectivity index (χ4v) is 3.54. The molecule has 0 aromatic carbocycles. The second-order valence-electron chi connectivity index (χ2n) is 7.66. The van der Waals surface area contributed by atoms with Crippen LogP contribution in [0.3, 0.4) is 0 Å². The average molecular weight is 382 g/mol. The van der Waals surface area contributed by atoms with Crippen LogP contribution in [0, 0.1) is 6.92 Å². The van der Waals surface area contributed by atoms with Crippen LogP contribution in [-0.2, 0) is 6.42 Å². The lowest BCUT2D eigenvalue weighted by atomic mass is 10.0. The molecule has 6 heteroatoms. The van der Waals surface area contributed by atoms with Crippen molar-refractivity contribution >= 4 is 17.0 Å². The van der Waals surface area contributed by atoms with Crippen LogP contribution in [0.4, 0.5) is 5.82 Å². The van der Waals surface area contributed by atoms with Gasteiger partial charge in [0.1, 0.15) is 11.3 Å². The number of nitrogens with one attached hydrogen (secondary N) is 1. The zero-order valence-electron chi connectivity index (χ0n) is 17.7. The first kappa shape index (κ1) is 20.3. The summed E-state index contributed by atoms with van der Waals surface area (Å²) in [5.41, 5.74) is 6.77. The minimum absolute atomic E-state index is 0.158. The van der Waals surface area contributed by atoms with Crippen LogP contribution in [0.5, 0.6) is 0 Å². The van der Waals surface area contributed by atoms with E-state index >= 15 is 0 Å². The highest BCUT2D eigenvalue weighted by molar-refractivity contribution is 5.82. The molecule has 0 aliphatic carbocycles. The van der Waals surface area contributed by atoms with Crippen LogP contribution in [-0.4, -0.2) is 38.3 Å². The van der Waals surface area contributed by atoms with Gasteiger partial charge in [-0.15, -0.1) is 0 Å². The average Bonchev–Trinajstić information content (AvgIpc) is 3.02. The molecule has 6 nitrogen and oxygen atoms in total. The Bertz CT molecular complexity index is 977. The number of pyridine rings is 1. The van der Waals surface area contributed by atoms with Gasteiger partial charge in [-0.2, -0.15) is 0 Å². The summed E-state index contributed by atoms with van der Waals surface area (Å²) in [6.07, 6.45) is 3.57. The maximum absolute atomic E-state index is 9.33. The first-order valence-corrected chi connectivity index (χ1v) is 10.1.